The molecule has 0 aliphatic heterocycles. The maximum absolute atomic E-state index is 9.16. The van der Waals surface area contributed by atoms with Crippen molar-refractivity contribution in [3.05, 3.63) is 58.8 Å². The van der Waals surface area contributed by atoms with Gasteiger partial charge in [0.15, 0.2) is 0 Å². The molecule has 0 aliphatic carbocycles. The fraction of sp³-hybridized carbons (Fsp3) is 0.0769. The Morgan fingerprint density at radius 3 is 2.82 bits per heavy atom. The highest BCUT2D eigenvalue weighted by atomic mass is 79.9. The number of pyridine rings is 1. The number of aromatic nitrogens is 1. The Morgan fingerprint density at radius 2 is 2.18 bits per heavy atom. The Kier molecular flexibility index (Phi) is 3.73. The molecule has 84 valence electrons. The summed E-state index contributed by atoms with van der Waals surface area (Å²) in [6, 6.07) is 13.2. The van der Waals surface area contributed by atoms with Crippen LogP contribution in [-0.2, 0) is 0 Å². The fourth-order valence-electron chi connectivity index (χ4n) is 1.48. The first-order valence-electron chi connectivity index (χ1n) is 5.11. The highest BCUT2D eigenvalue weighted by molar-refractivity contribution is 9.10. The average Bonchev–Trinajstić information content (AvgIpc) is 2.37. The molecule has 0 saturated carbocycles. The molecule has 0 saturated heterocycles. The van der Waals surface area contributed by atoms with E-state index in [1.807, 2.05) is 36.4 Å². The Morgan fingerprint density at radius 1 is 1.29 bits per heavy atom. The Hall–Kier alpha value is -1.86. The molecule has 1 heterocycles. The second-order valence-corrected chi connectivity index (χ2v) is 4.42. The van der Waals surface area contributed by atoms with Crippen LogP contribution in [0.3, 0.4) is 0 Å². The number of halogens is 1. The van der Waals surface area contributed by atoms with Crippen molar-refractivity contribution in [2.45, 2.75) is 6.04 Å². The molecule has 4 heteroatoms. The number of hydrogen-bond donors (Lipinski definition) is 1. The van der Waals surface area contributed by atoms with Crippen molar-refractivity contribution in [1.29, 1.82) is 5.26 Å². The van der Waals surface area contributed by atoms with Crippen molar-refractivity contribution >= 4 is 21.6 Å². The number of anilines is 1. The SMILES string of the molecule is N#CC(Nc1cccc(Br)c1)c1cccnc1. The van der Waals surface area contributed by atoms with E-state index in [1.165, 1.54) is 0 Å². The van der Waals surface area contributed by atoms with Crippen LogP contribution in [0.2, 0.25) is 0 Å². The molecule has 0 bridgehead atoms. The quantitative estimate of drug-likeness (QED) is 0.940. The van der Waals surface area contributed by atoms with E-state index in [4.69, 9.17) is 5.26 Å². The third kappa shape index (κ3) is 3.05. The first-order valence-corrected chi connectivity index (χ1v) is 5.90. The van der Waals surface area contributed by atoms with Crippen LogP contribution < -0.4 is 5.32 Å². The van der Waals surface area contributed by atoms with Crippen LogP contribution in [0.15, 0.2) is 53.3 Å². The Balaban J connectivity index is 2.20. The summed E-state index contributed by atoms with van der Waals surface area (Å²) in [5.41, 5.74) is 1.75. The topological polar surface area (TPSA) is 48.7 Å². The highest BCUT2D eigenvalue weighted by Crippen LogP contribution is 2.21. The number of rotatable bonds is 3. The molecule has 1 unspecified atom stereocenters. The van der Waals surface area contributed by atoms with Gasteiger partial charge in [0.2, 0.25) is 0 Å². The van der Waals surface area contributed by atoms with E-state index in [-0.39, 0.29) is 0 Å². The summed E-state index contributed by atoms with van der Waals surface area (Å²) in [7, 11) is 0. The molecular weight excluding hydrogens is 278 g/mol. The summed E-state index contributed by atoms with van der Waals surface area (Å²) in [4.78, 5) is 4.01. The van der Waals surface area contributed by atoms with Gasteiger partial charge < -0.3 is 5.32 Å². The summed E-state index contributed by atoms with van der Waals surface area (Å²) in [6.07, 6.45) is 3.38. The average molecular weight is 288 g/mol. The lowest BCUT2D eigenvalue weighted by Crippen LogP contribution is -2.08. The molecule has 0 aliphatic rings. The van der Waals surface area contributed by atoms with Crippen molar-refractivity contribution in [3.8, 4) is 6.07 Å². The molecule has 17 heavy (non-hydrogen) atoms. The third-order valence-electron chi connectivity index (χ3n) is 2.28. The standard InChI is InChI=1S/C13H10BrN3/c14-11-4-1-5-12(7-11)17-13(8-15)10-3-2-6-16-9-10/h1-7,9,13,17H. The summed E-state index contributed by atoms with van der Waals surface area (Å²) >= 11 is 3.39. The minimum Gasteiger partial charge on any atom is -0.366 e. The minimum absolute atomic E-state index is 0.391. The maximum atomic E-state index is 9.16. The number of benzene rings is 1. The summed E-state index contributed by atoms with van der Waals surface area (Å²) < 4.78 is 0.977. The normalized spacial score (nSPS) is 11.5. The van der Waals surface area contributed by atoms with E-state index in [9.17, 15) is 0 Å². The summed E-state index contributed by atoms with van der Waals surface area (Å²) in [6.45, 7) is 0. The largest absolute Gasteiger partial charge is 0.366 e. The van der Waals surface area contributed by atoms with Gasteiger partial charge in [-0.2, -0.15) is 5.26 Å². The van der Waals surface area contributed by atoms with E-state index < -0.39 is 6.04 Å². The predicted octanol–water partition coefficient (Wildman–Crippen LogP) is 3.52. The van der Waals surface area contributed by atoms with Crippen LogP contribution in [-0.4, -0.2) is 4.98 Å². The first-order chi connectivity index (χ1) is 8.29. The number of hydrogen-bond acceptors (Lipinski definition) is 3. The second-order valence-electron chi connectivity index (χ2n) is 3.50. The van der Waals surface area contributed by atoms with Gasteiger partial charge in [0.1, 0.15) is 6.04 Å². The van der Waals surface area contributed by atoms with Crippen LogP contribution in [0, 0.1) is 11.3 Å². The van der Waals surface area contributed by atoms with Gasteiger partial charge in [-0.15, -0.1) is 0 Å². The zero-order chi connectivity index (χ0) is 12.1. The molecule has 1 aromatic heterocycles. The zero-order valence-electron chi connectivity index (χ0n) is 8.97. The molecule has 0 amide bonds. The molecule has 1 N–H and O–H groups in total. The molecule has 0 radical (unpaired) electrons. The van der Waals surface area contributed by atoms with E-state index in [0.29, 0.717) is 0 Å². The molecule has 0 spiro atoms. The number of nitriles is 1. The van der Waals surface area contributed by atoms with Gasteiger partial charge in [-0.3, -0.25) is 4.98 Å². The van der Waals surface area contributed by atoms with E-state index >= 15 is 0 Å². The van der Waals surface area contributed by atoms with Gasteiger partial charge in [-0.05, 0) is 24.3 Å². The van der Waals surface area contributed by atoms with Crippen molar-refractivity contribution in [1.82, 2.24) is 4.98 Å². The Labute approximate surface area is 108 Å². The van der Waals surface area contributed by atoms with Gasteiger partial charge in [-0.25, -0.2) is 0 Å². The van der Waals surface area contributed by atoms with Gasteiger partial charge in [0.05, 0.1) is 6.07 Å². The molecule has 1 aromatic carbocycles. The second kappa shape index (κ2) is 5.46. The predicted molar refractivity (Wildman–Crippen MR) is 70.4 cm³/mol. The highest BCUT2D eigenvalue weighted by Gasteiger charge is 2.09. The lowest BCUT2D eigenvalue weighted by molar-refractivity contribution is 0.982. The smallest absolute Gasteiger partial charge is 0.141 e. The van der Waals surface area contributed by atoms with Crippen molar-refractivity contribution < 1.29 is 0 Å². The van der Waals surface area contributed by atoms with E-state index in [2.05, 4.69) is 32.3 Å². The molecule has 1 atom stereocenters. The lowest BCUT2D eigenvalue weighted by atomic mass is 10.1. The number of nitrogens with one attached hydrogen (secondary N) is 1. The van der Waals surface area contributed by atoms with Crippen LogP contribution >= 0.6 is 15.9 Å². The first kappa shape index (κ1) is 11.6. The van der Waals surface area contributed by atoms with Gasteiger partial charge in [0, 0.05) is 28.1 Å². The monoisotopic (exact) mass is 287 g/mol. The lowest BCUT2D eigenvalue weighted by Gasteiger charge is -2.12. The summed E-state index contributed by atoms with van der Waals surface area (Å²) in [5.74, 6) is 0. The van der Waals surface area contributed by atoms with Gasteiger partial charge in [-0.1, -0.05) is 28.1 Å². The fourth-order valence-corrected chi connectivity index (χ4v) is 1.88. The molecular formula is C13H10BrN3. The third-order valence-corrected chi connectivity index (χ3v) is 2.78. The van der Waals surface area contributed by atoms with Crippen LogP contribution in [0.5, 0.6) is 0 Å². The van der Waals surface area contributed by atoms with Crippen LogP contribution in [0.1, 0.15) is 11.6 Å². The van der Waals surface area contributed by atoms with Gasteiger partial charge in [0.25, 0.3) is 0 Å². The van der Waals surface area contributed by atoms with E-state index in [1.54, 1.807) is 12.4 Å². The van der Waals surface area contributed by atoms with E-state index in [0.717, 1.165) is 15.7 Å². The van der Waals surface area contributed by atoms with Crippen molar-refractivity contribution in [2.24, 2.45) is 0 Å². The zero-order valence-corrected chi connectivity index (χ0v) is 10.6. The molecule has 0 fully saturated rings. The minimum atomic E-state index is -0.391. The van der Waals surface area contributed by atoms with Crippen LogP contribution in [0.25, 0.3) is 0 Å². The van der Waals surface area contributed by atoms with Crippen molar-refractivity contribution in [3.63, 3.8) is 0 Å². The number of nitrogens with zero attached hydrogens (tertiary/aromatic N) is 2. The van der Waals surface area contributed by atoms with Crippen LogP contribution in [0.4, 0.5) is 5.69 Å². The summed E-state index contributed by atoms with van der Waals surface area (Å²) in [5, 5.41) is 12.3. The maximum Gasteiger partial charge on any atom is 0.141 e. The molecule has 2 rings (SSSR count). The molecule has 2 aromatic rings. The Bertz CT molecular complexity index is 534. The van der Waals surface area contributed by atoms with Crippen molar-refractivity contribution in [2.75, 3.05) is 5.32 Å². The van der Waals surface area contributed by atoms with Gasteiger partial charge >= 0.3 is 0 Å². The molecule has 3 nitrogen and oxygen atoms in total.